The molecule has 0 saturated heterocycles. The van der Waals surface area contributed by atoms with Crippen LogP contribution in [0.25, 0.3) is 0 Å². The van der Waals surface area contributed by atoms with Crippen LogP contribution in [-0.4, -0.2) is 14.9 Å². The fourth-order valence-electron chi connectivity index (χ4n) is 2.42. The van der Waals surface area contributed by atoms with Crippen molar-refractivity contribution >= 4 is 22.1 Å². The summed E-state index contributed by atoms with van der Waals surface area (Å²) >= 11 is 1.69. The molecule has 1 saturated carbocycles. The van der Waals surface area contributed by atoms with E-state index in [9.17, 15) is 4.21 Å². The summed E-state index contributed by atoms with van der Waals surface area (Å²) < 4.78 is 12.1. The van der Waals surface area contributed by atoms with Crippen LogP contribution >= 0.6 is 11.3 Å². The van der Waals surface area contributed by atoms with Crippen LogP contribution in [0.1, 0.15) is 49.7 Å². The van der Waals surface area contributed by atoms with E-state index in [2.05, 4.69) is 17.3 Å². The number of aryl methyl sites for hydroxylation is 1. The third-order valence-corrected chi connectivity index (χ3v) is 5.86. The minimum atomic E-state index is -0.713. The van der Waals surface area contributed by atoms with Crippen LogP contribution in [0.4, 0.5) is 0 Å². The number of nitrogens with zero attached hydrogens (tertiary/aromatic N) is 1. The number of thiazole rings is 1. The van der Waals surface area contributed by atoms with E-state index in [0.717, 1.165) is 22.9 Å². The van der Waals surface area contributed by atoms with Crippen LogP contribution in [0.3, 0.4) is 0 Å². The number of hydrogen-bond donors (Lipinski definition) is 0. The van der Waals surface area contributed by atoms with Gasteiger partial charge in [0.05, 0.1) is 16.5 Å². The van der Waals surface area contributed by atoms with Crippen LogP contribution < -0.4 is 0 Å². The Morgan fingerprint density at radius 1 is 1.41 bits per heavy atom. The molecular weight excluding hydrogens is 250 g/mol. The first-order chi connectivity index (χ1) is 8.28. The summed E-state index contributed by atoms with van der Waals surface area (Å²) in [7, 11) is -0.713. The van der Waals surface area contributed by atoms with Gasteiger partial charge < -0.3 is 0 Å². The predicted octanol–water partition coefficient (Wildman–Crippen LogP) is 3.53. The third-order valence-electron chi connectivity index (χ3n) is 3.36. The molecular formula is C13H21NOS2. The molecule has 0 N–H and O–H groups in total. The van der Waals surface area contributed by atoms with Crippen molar-refractivity contribution in [3.05, 3.63) is 16.1 Å². The van der Waals surface area contributed by atoms with Crippen molar-refractivity contribution in [2.24, 2.45) is 5.92 Å². The van der Waals surface area contributed by atoms with Crippen LogP contribution in [0.2, 0.25) is 0 Å². The summed E-state index contributed by atoms with van der Waals surface area (Å²) in [5.41, 5.74) is 1.03. The molecule has 0 unspecified atom stereocenters. The van der Waals surface area contributed by atoms with Crippen molar-refractivity contribution in [2.45, 2.75) is 51.2 Å². The molecule has 1 aromatic rings. The van der Waals surface area contributed by atoms with Gasteiger partial charge in [-0.25, -0.2) is 4.98 Å². The van der Waals surface area contributed by atoms with Gasteiger partial charge in [0, 0.05) is 21.9 Å². The standard InChI is InChI=1S/C13H21NOS2/c1-2-13-14-12(8-16-13)10-17(15)9-11-6-4-3-5-7-11/h8,11H,2-7,9-10H2,1H3/t17-/m0/s1. The molecule has 1 aliphatic carbocycles. The fourth-order valence-corrected chi connectivity index (χ4v) is 4.72. The summed E-state index contributed by atoms with van der Waals surface area (Å²) in [5, 5.41) is 3.23. The Hall–Kier alpha value is -0.220. The second-order valence-electron chi connectivity index (χ2n) is 4.84. The van der Waals surface area contributed by atoms with Crippen molar-refractivity contribution in [1.82, 2.24) is 4.98 Å². The van der Waals surface area contributed by atoms with E-state index in [-0.39, 0.29) is 0 Å². The molecule has 2 nitrogen and oxygen atoms in total. The zero-order valence-electron chi connectivity index (χ0n) is 10.5. The molecule has 96 valence electrons. The summed E-state index contributed by atoms with van der Waals surface area (Å²) in [5.74, 6) is 2.25. The first-order valence-corrected chi connectivity index (χ1v) is 8.93. The van der Waals surface area contributed by atoms with E-state index in [1.807, 2.05) is 0 Å². The van der Waals surface area contributed by atoms with Crippen molar-refractivity contribution in [3.8, 4) is 0 Å². The smallest absolute Gasteiger partial charge is 0.0925 e. The molecule has 2 rings (SSSR count). The molecule has 17 heavy (non-hydrogen) atoms. The van der Waals surface area contributed by atoms with Crippen molar-refractivity contribution in [3.63, 3.8) is 0 Å². The maximum Gasteiger partial charge on any atom is 0.0925 e. The van der Waals surface area contributed by atoms with E-state index in [4.69, 9.17) is 0 Å². The van der Waals surface area contributed by atoms with Gasteiger partial charge in [-0.1, -0.05) is 26.2 Å². The molecule has 4 heteroatoms. The monoisotopic (exact) mass is 271 g/mol. The highest BCUT2D eigenvalue weighted by molar-refractivity contribution is 7.84. The minimum absolute atomic E-state index is 0.660. The first-order valence-electron chi connectivity index (χ1n) is 6.56. The highest BCUT2D eigenvalue weighted by Gasteiger charge is 2.16. The van der Waals surface area contributed by atoms with E-state index in [0.29, 0.717) is 11.7 Å². The number of aromatic nitrogens is 1. The van der Waals surface area contributed by atoms with Gasteiger partial charge in [0.15, 0.2) is 0 Å². The van der Waals surface area contributed by atoms with Crippen LogP contribution in [0, 0.1) is 5.92 Å². The van der Waals surface area contributed by atoms with Gasteiger partial charge in [0.2, 0.25) is 0 Å². The molecule has 1 heterocycles. The Balaban J connectivity index is 1.79. The van der Waals surface area contributed by atoms with Crippen molar-refractivity contribution in [2.75, 3.05) is 5.75 Å². The molecule has 0 amide bonds. The average molecular weight is 271 g/mol. The Morgan fingerprint density at radius 2 is 2.18 bits per heavy atom. The van der Waals surface area contributed by atoms with Gasteiger partial charge in [-0.05, 0) is 25.2 Å². The molecule has 1 atom stereocenters. The Labute approximate surface area is 110 Å². The highest BCUT2D eigenvalue weighted by atomic mass is 32.2. The minimum Gasteiger partial charge on any atom is -0.259 e. The Kier molecular flexibility index (Phi) is 5.16. The molecule has 1 aliphatic rings. The molecule has 0 radical (unpaired) electrons. The highest BCUT2D eigenvalue weighted by Crippen LogP contribution is 2.25. The van der Waals surface area contributed by atoms with Crippen molar-refractivity contribution < 1.29 is 4.21 Å². The summed E-state index contributed by atoms with van der Waals surface area (Å²) in [6, 6.07) is 0. The van der Waals surface area contributed by atoms with Crippen LogP contribution in [0.5, 0.6) is 0 Å². The lowest BCUT2D eigenvalue weighted by Gasteiger charge is -2.20. The predicted molar refractivity (Wildman–Crippen MR) is 74.8 cm³/mol. The Morgan fingerprint density at radius 3 is 2.82 bits per heavy atom. The molecule has 1 aromatic heterocycles. The number of hydrogen-bond acceptors (Lipinski definition) is 3. The van der Waals surface area contributed by atoms with E-state index >= 15 is 0 Å². The van der Waals surface area contributed by atoms with Gasteiger partial charge in [-0.15, -0.1) is 11.3 Å². The maximum absolute atomic E-state index is 12.1. The first kappa shape index (κ1) is 13.2. The zero-order chi connectivity index (χ0) is 12.1. The zero-order valence-corrected chi connectivity index (χ0v) is 12.1. The second kappa shape index (κ2) is 6.64. The quantitative estimate of drug-likeness (QED) is 0.820. The van der Waals surface area contributed by atoms with Gasteiger partial charge in [-0.2, -0.15) is 0 Å². The van der Waals surface area contributed by atoms with Crippen LogP contribution in [-0.2, 0) is 23.0 Å². The summed E-state index contributed by atoms with van der Waals surface area (Å²) in [6.07, 6.45) is 7.58. The van der Waals surface area contributed by atoms with Crippen LogP contribution in [0.15, 0.2) is 5.38 Å². The normalized spacial score (nSPS) is 19.4. The average Bonchev–Trinajstić information content (AvgIpc) is 2.78. The lowest BCUT2D eigenvalue weighted by molar-refractivity contribution is 0.388. The van der Waals surface area contributed by atoms with Gasteiger partial charge >= 0.3 is 0 Å². The molecule has 0 spiro atoms. The topological polar surface area (TPSA) is 30.0 Å². The van der Waals surface area contributed by atoms with Gasteiger partial charge in [-0.3, -0.25) is 4.21 Å². The number of rotatable bonds is 5. The molecule has 0 aromatic carbocycles. The van der Waals surface area contributed by atoms with E-state index in [1.54, 1.807) is 11.3 Å². The summed E-state index contributed by atoms with van der Waals surface area (Å²) in [6.45, 7) is 2.11. The SMILES string of the molecule is CCc1nc(C[S@@](=O)CC2CCCCC2)cs1. The molecule has 0 bridgehead atoms. The maximum atomic E-state index is 12.1. The van der Waals surface area contributed by atoms with E-state index in [1.165, 1.54) is 32.1 Å². The fraction of sp³-hybridized carbons (Fsp3) is 0.769. The lowest BCUT2D eigenvalue weighted by atomic mass is 9.91. The van der Waals surface area contributed by atoms with Gasteiger partial charge in [0.25, 0.3) is 0 Å². The Bertz CT molecular complexity index is 369. The second-order valence-corrected chi connectivity index (χ2v) is 7.29. The molecule has 1 fully saturated rings. The molecule has 0 aliphatic heterocycles. The van der Waals surface area contributed by atoms with E-state index < -0.39 is 10.8 Å². The summed E-state index contributed by atoms with van der Waals surface area (Å²) in [4.78, 5) is 4.49. The van der Waals surface area contributed by atoms with Gasteiger partial charge in [0.1, 0.15) is 0 Å². The largest absolute Gasteiger partial charge is 0.259 e. The van der Waals surface area contributed by atoms with Crippen molar-refractivity contribution in [1.29, 1.82) is 0 Å². The lowest BCUT2D eigenvalue weighted by Crippen LogP contribution is -2.15. The third kappa shape index (κ3) is 4.18.